The van der Waals surface area contributed by atoms with Crippen LogP contribution in [0.25, 0.3) is 10.9 Å². The first kappa shape index (κ1) is 29.1. The van der Waals surface area contributed by atoms with Crippen molar-refractivity contribution in [2.45, 2.75) is 82.7 Å². The van der Waals surface area contributed by atoms with Gasteiger partial charge in [-0.25, -0.2) is 9.37 Å². The second-order valence-corrected chi connectivity index (χ2v) is 19.1. The molecule has 2 aromatic heterocycles. The SMILES string of the molecule is CC(C)(C)[Si](C)(C)O[C@@H]1C[C@H]2C[C@@H]1CN(c1nc(OCC34CCCN3CC(=C(F)F)C4)nc3c(F)c(Cl)ncc13)C2. The van der Waals surface area contributed by atoms with Crippen LogP contribution in [0.15, 0.2) is 17.9 Å². The molecule has 7 nitrogen and oxygen atoms in total. The third kappa shape index (κ3) is 5.25. The minimum absolute atomic E-state index is 0.0278. The van der Waals surface area contributed by atoms with Gasteiger partial charge >= 0.3 is 6.01 Å². The predicted molar refractivity (Wildman–Crippen MR) is 156 cm³/mol. The average molecular weight is 610 g/mol. The molecule has 4 atom stereocenters. The van der Waals surface area contributed by atoms with Gasteiger partial charge in [-0.1, -0.05) is 32.4 Å². The van der Waals surface area contributed by atoms with E-state index in [9.17, 15) is 8.78 Å². The lowest BCUT2D eigenvalue weighted by atomic mass is 9.94. The van der Waals surface area contributed by atoms with E-state index >= 15 is 4.39 Å². The molecule has 0 radical (unpaired) electrons. The molecule has 1 aliphatic carbocycles. The molecule has 4 fully saturated rings. The van der Waals surface area contributed by atoms with Gasteiger partial charge in [0, 0.05) is 43.4 Å². The first-order valence-electron chi connectivity index (χ1n) is 14.6. The summed E-state index contributed by atoms with van der Waals surface area (Å²) in [5.74, 6) is 0.627. The maximum absolute atomic E-state index is 15.3. The maximum atomic E-state index is 15.3. The molecule has 0 aromatic carbocycles. The van der Waals surface area contributed by atoms with Crippen molar-refractivity contribution < 1.29 is 22.3 Å². The normalized spacial score (nSPS) is 28.6. The van der Waals surface area contributed by atoms with Crippen molar-refractivity contribution in [1.82, 2.24) is 19.9 Å². The molecule has 2 aromatic rings. The van der Waals surface area contributed by atoms with Crippen LogP contribution in [0.3, 0.4) is 0 Å². The fraction of sp³-hybridized carbons (Fsp3) is 0.690. The zero-order valence-electron chi connectivity index (χ0n) is 24.4. The summed E-state index contributed by atoms with van der Waals surface area (Å²) in [7, 11) is -1.94. The number of piperidine rings is 1. The molecular weight excluding hydrogens is 571 g/mol. The second kappa shape index (κ2) is 10.3. The minimum atomic E-state index is -1.94. The number of aromatic nitrogens is 3. The van der Waals surface area contributed by atoms with E-state index in [0.717, 1.165) is 45.3 Å². The highest BCUT2D eigenvalue weighted by molar-refractivity contribution is 6.74. The third-order valence-electron chi connectivity index (χ3n) is 10.2. The standard InChI is InChI=1S/C29H39ClF3N5O2Si/c1-28(2,3)41(4,5)40-21-10-17-9-18(21)14-37(13-17)26-20-12-34-24(30)22(31)23(20)35-27(36-26)39-16-29-7-6-8-38(29)15-19(11-29)25(32)33/h12,17-18,21H,6-11,13-16H2,1-5H3/t17-,18-,21-,29?/m1/s1. The number of halogens is 4. The van der Waals surface area contributed by atoms with Crippen LogP contribution in [0.5, 0.6) is 6.01 Å². The molecule has 3 aliphatic heterocycles. The summed E-state index contributed by atoms with van der Waals surface area (Å²) in [6.07, 6.45) is 4.12. The van der Waals surface area contributed by atoms with Crippen molar-refractivity contribution >= 4 is 36.6 Å². The molecule has 6 rings (SSSR count). The molecule has 3 saturated heterocycles. The van der Waals surface area contributed by atoms with Crippen LogP contribution in [0.4, 0.5) is 19.0 Å². The Labute approximate surface area is 245 Å². The van der Waals surface area contributed by atoms with Gasteiger partial charge in [0.15, 0.2) is 19.3 Å². The van der Waals surface area contributed by atoms with Gasteiger partial charge in [-0.05, 0) is 62.7 Å². The first-order valence-corrected chi connectivity index (χ1v) is 17.9. The zero-order chi connectivity index (χ0) is 29.3. The van der Waals surface area contributed by atoms with Crippen molar-refractivity contribution in [3.63, 3.8) is 0 Å². The second-order valence-electron chi connectivity index (χ2n) is 14.0. The van der Waals surface area contributed by atoms with Crippen molar-refractivity contribution in [2.75, 3.05) is 37.7 Å². The molecule has 2 bridgehead atoms. The summed E-state index contributed by atoms with van der Waals surface area (Å²) < 4.78 is 55.2. The lowest BCUT2D eigenvalue weighted by Crippen LogP contribution is -2.46. The summed E-state index contributed by atoms with van der Waals surface area (Å²) in [6.45, 7) is 14.0. The van der Waals surface area contributed by atoms with Crippen molar-refractivity contribution in [3.8, 4) is 6.01 Å². The average Bonchev–Trinajstić information content (AvgIpc) is 3.54. The summed E-state index contributed by atoms with van der Waals surface area (Å²) in [6, 6.07) is 0.0278. The molecule has 0 spiro atoms. The fourth-order valence-electron chi connectivity index (χ4n) is 7.05. The van der Waals surface area contributed by atoms with Gasteiger partial charge in [-0.3, -0.25) is 4.90 Å². The van der Waals surface area contributed by atoms with Gasteiger partial charge < -0.3 is 14.1 Å². The quantitative estimate of drug-likeness (QED) is 0.263. The van der Waals surface area contributed by atoms with E-state index in [2.05, 4.69) is 53.6 Å². The van der Waals surface area contributed by atoms with E-state index in [1.165, 1.54) is 6.20 Å². The Kier molecular flexibility index (Phi) is 7.35. The molecule has 0 N–H and O–H groups in total. The number of rotatable bonds is 6. The Bertz CT molecular complexity index is 1380. The van der Waals surface area contributed by atoms with Crippen LogP contribution in [0.1, 0.15) is 52.9 Å². The molecular formula is C29H39ClF3N5O2Si. The van der Waals surface area contributed by atoms with E-state index < -0.39 is 25.8 Å². The number of nitrogens with zero attached hydrogens (tertiary/aromatic N) is 5. The molecule has 41 heavy (non-hydrogen) atoms. The number of fused-ring (bicyclic) bond motifs is 4. The van der Waals surface area contributed by atoms with Gasteiger partial charge in [-0.2, -0.15) is 18.7 Å². The van der Waals surface area contributed by atoms with Crippen LogP contribution in [-0.4, -0.2) is 72.6 Å². The highest BCUT2D eigenvalue weighted by atomic mass is 35.5. The van der Waals surface area contributed by atoms with Crippen LogP contribution in [-0.2, 0) is 4.43 Å². The van der Waals surface area contributed by atoms with E-state index in [-0.39, 0.29) is 53.0 Å². The fourth-order valence-corrected chi connectivity index (χ4v) is 8.59. The zero-order valence-corrected chi connectivity index (χ0v) is 26.2. The summed E-state index contributed by atoms with van der Waals surface area (Å²) in [4.78, 5) is 17.5. The molecule has 1 unspecified atom stereocenters. The predicted octanol–water partition coefficient (Wildman–Crippen LogP) is 6.82. The third-order valence-corrected chi connectivity index (χ3v) is 15.0. The van der Waals surface area contributed by atoms with E-state index in [0.29, 0.717) is 23.0 Å². The van der Waals surface area contributed by atoms with E-state index in [1.807, 2.05) is 0 Å². The highest BCUT2D eigenvalue weighted by Crippen LogP contribution is 2.46. The van der Waals surface area contributed by atoms with Crippen LogP contribution in [0.2, 0.25) is 23.3 Å². The molecule has 4 aliphatic rings. The van der Waals surface area contributed by atoms with Gasteiger partial charge in [-0.15, -0.1) is 0 Å². The van der Waals surface area contributed by atoms with Crippen LogP contribution < -0.4 is 9.64 Å². The highest BCUT2D eigenvalue weighted by Gasteiger charge is 2.49. The van der Waals surface area contributed by atoms with Crippen molar-refractivity contribution in [2.24, 2.45) is 11.8 Å². The Morgan fingerprint density at radius 1 is 1.20 bits per heavy atom. The Balaban J connectivity index is 1.29. The Morgan fingerprint density at radius 2 is 1.98 bits per heavy atom. The van der Waals surface area contributed by atoms with Crippen molar-refractivity contribution in [1.29, 1.82) is 0 Å². The largest absolute Gasteiger partial charge is 0.461 e. The van der Waals surface area contributed by atoms with Gasteiger partial charge in [0.1, 0.15) is 17.9 Å². The number of ether oxygens (including phenoxy) is 1. The summed E-state index contributed by atoms with van der Waals surface area (Å²) in [5.41, 5.74) is -0.306. The summed E-state index contributed by atoms with van der Waals surface area (Å²) in [5, 5.41) is 0.342. The monoisotopic (exact) mass is 609 g/mol. The molecule has 12 heteroatoms. The van der Waals surface area contributed by atoms with E-state index in [1.54, 1.807) is 0 Å². The molecule has 5 heterocycles. The Hall–Kier alpha value is -1.95. The Morgan fingerprint density at radius 3 is 2.71 bits per heavy atom. The molecule has 0 amide bonds. The molecule has 1 saturated carbocycles. The topological polar surface area (TPSA) is 63.6 Å². The number of hydrogen-bond donors (Lipinski definition) is 0. The van der Waals surface area contributed by atoms with Gasteiger partial charge in [0.05, 0.1) is 10.9 Å². The number of hydrogen-bond acceptors (Lipinski definition) is 7. The van der Waals surface area contributed by atoms with Gasteiger partial charge in [0.25, 0.3) is 6.08 Å². The first-order chi connectivity index (χ1) is 19.3. The van der Waals surface area contributed by atoms with Crippen molar-refractivity contribution in [3.05, 3.63) is 28.8 Å². The van der Waals surface area contributed by atoms with Gasteiger partial charge in [0.2, 0.25) is 0 Å². The maximum Gasteiger partial charge on any atom is 0.319 e. The van der Waals surface area contributed by atoms with Crippen LogP contribution >= 0.6 is 11.6 Å². The number of anilines is 1. The summed E-state index contributed by atoms with van der Waals surface area (Å²) >= 11 is 6.05. The minimum Gasteiger partial charge on any atom is -0.461 e. The van der Waals surface area contributed by atoms with E-state index in [4.69, 9.17) is 25.7 Å². The molecule has 224 valence electrons. The number of pyridine rings is 1. The van der Waals surface area contributed by atoms with Crippen LogP contribution in [0, 0.1) is 17.7 Å². The lowest BCUT2D eigenvalue weighted by Gasteiger charge is -2.40. The lowest BCUT2D eigenvalue weighted by molar-refractivity contribution is 0.108. The smallest absolute Gasteiger partial charge is 0.319 e.